The molecule has 0 spiro atoms. The Morgan fingerprint density at radius 2 is 2.03 bits per heavy atom. The average molecular weight is 484 g/mol. The van der Waals surface area contributed by atoms with Gasteiger partial charge in [-0.3, -0.25) is 9.59 Å². The summed E-state index contributed by atoms with van der Waals surface area (Å²) in [6.45, 7) is 4.33. The number of hydrogen-bond acceptors (Lipinski definition) is 8. The number of benzene rings is 2. The minimum atomic E-state index is -0.752. The molecule has 3 aromatic rings. The molecule has 4 rings (SSSR count). The van der Waals surface area contributed by atoms with Gasteiger partial charge in [-0.1, -0.05) is 60.4 Å². The van der Waals surface area contributed by atoms with Crippen molar-refractivity contribution in [2.24, 2.45) is 0 Å². The largest absolute Gasteiger partial charge is 0.477 e. The van der Waals surface area contributed by atoms with E-state index in [4.69, 9.17) is 4.74 Å². The molecule has 1 unspecified atom stereocenters. The molecule has 0 saturated heterocycles. The van der Waals surface area contributed by atoms with Gasteiger partial charge >= 0.3 is 0 Å². The first-order valence-electron chi connectivity index (χ1n) is 10.6. The topological polar surface area (TPSA) is 96.5 Å². The maximum atomic E-state index is 13.1. The van der Waals surface area contributed by atoms with Crippen molar-refractivity contribution in [1.82, 2.24) is 15.5 Å². The molecule has 172 valence electrons. The number of para-hydroxylation sites is 3. The number of amides is 2. The highest BCUT2D eigenvalue weighted by atomic mass is 32.2. The van der Waals surface area contributed by atoms with E-state index in [1.807, 2.05) is 24.3 Å². The van der Waals surface area contributed by atoms with Crippen LogP contribution in [-0.4, -0.2) is 47.5 Å². The van der Waals surface area contributed by atoms with E-state index in [1.54, 1.807) is 18.0 Å². The number of carbonyl (C=O) groups excluding carboxylic acids is 2. The summed E-state index contributed by atoms with van der Waals surface area (Å²) < 4.78 is 6.47. The van der Waals surface area contributed by atoms with Crippen molar-refractivity contribution in [1.29, 1.82) is 0 Å². The van der Waals surface area contributed by atoms with Crippen LogP contribution in [0, 0.1) is 6.92 Å². The third-order valence-electron chi connectivity index (χ3n) is 5.31. The number of hydrogen-bond donors (Lipinski definition) is 2. The molecule has 10 heteroatoms. The van der Waals surface area contributed by atoms with Crippen molar-refractivity contribution in [3.63, 3.8) is 0 Å². The first-order chi connectivity index (χ1) is 16.0. The van der Waals surface area contributed by atoms with Crippen molar-refractivity contribution in [2.45, 2.75) is 30.7 Å². The number of nitrogens with zero attached hydrogens (tertiary/aromatic N) is 3. The lowest BCUT2D eigenvalue weighted by molar-refractivity contribution is -0.127. The van der Waals surface area contributed by atoms with Gasteiger partial charge in [0.05, 0.1) is 18.0 Å². The Morgan fingerprint density at radius 1 is 1.21 bits per heavy atom. The molecule has 2 heterocycles. The predicted molar refractivity (Wildman–Crippen MR) is 132 cm³/mol. The van der Waals surface area contributed by atoms with Crippen molar-refractivity contribution < 1.29 is 14.3 Å². The zero-order valence-corrected chi connectivity index (χ0v) is 20.3. The van der Waals surface area contributed by atoms with E-state index in [-0.39, 0.29) is 24.1 Å². The van der Waals surface area contributed by atoms with Gasteiger partial charge in [-0.05, 0) is 36.6 Å². The van der Waals surface area contributed by atoms with Crippen LogP contribution in [0.5, 0.6) is 5.75 Å². The molecule has 0 radical (unpaired) electrons. The molecule has 2 aromatic carbocycles. The fourth-order valence-corrected chi connectivity index (χ4v) is 5.23. The van der Waals surface area contributed by atoms with Gasteiger partial charge < -0.3 is 20.3 Å². The van der Waals surface area contributed by atoms with E-state index < -0.39 is 6.10 Å². The summed E-state index contributed by atoms with van der Waals surface area (Å²) in [7, 11) is 1.55. The van der Waals surface area contributed by atoms with Crippen LogP contribution >= 0.6 is 23.1 Å². The summed E-state index contributed by atoms with van der Waals surface area (Å²) in [4.78, 5) is 26.8. The number of aromatic nitrogens is 2. The van der Waals surface area contributed by atoms with Gasteiger partial charge in [-0.15, -0.1) is 10.2 Å². The number of anilines is 3. The smallest absolute Gasteiger partial charge is 0.262 e. The molecule has 2 amide bonds. The number of thioether (sulfide) groups is 1. The van der Waals surface area contributed by atoms with Crippen LogP contribution in [0.3, 0.4) is 0 Å². The van der Waals surface area contributed by atoms with Gasteiger partial charge in [0, 0.05) is 12.7 Å². The fraction of sp³-hybridized carbons (Fsp3) is 0.304. The lowest BCUT2D eigenvalue weighted by Gasteiger charge is -2.33. The monoisotopic (exact) mass is 483 g/mol. The molecule has 2 N–H and O–H groups in total. The standard InChI is InChI=1S/C23H25N5O3S2/c1-4-15-9-7-8-14(2)20(15)25-22-26-27-23(33-22)32-13-19(29)28-12-18(21(30)24-3)31-17-11-6-5-10-16(17)28/h5-11,18H,4,12-13H2,1-3H3,(H,24,30)(H,25,26). The SMILES string of the molecule is CCc1cccc(C)c1Nc1nnc(SCC(=O)N2CC(C(=O)NC)Oc3ccccc32)s1. The second-order valence-corrected chi connectivity index (χ2v) is 9.64. The van der Waals surface area contributed by atoms with E-state index in [0.29, 0.717) is 20.9 Å². The number of fused-ring (bicyclic) bond motifs is 1. The third-order valence-corrected chi connectivity index (χ3v) is 7.27. The molecule has 0 fully saturated rings. The van der Waals surface area contributed by atoms with Gasteiger partial charge in [0.1, 0.15) is 5.75 Å². The Hall–Kier alpha value is -3.11. The molecule has 1 aliphatic rings. The highest BCUT2D eigenvalue weighted by Gasteiger charge is 2.33. The second kappa shape index (κ2) is 10.2. The molecule has 1 aromatic heterocycles. The minimum Gasteiger partial charge on any atom is -0.477 e. The molecular weight excluding hydrogens is 458 g/mol. The summed E-state index contributed by atoms with van der Waals surface area (Å²) >= 11 is 2.74. The van der Waals surface area contributed by atoms with Crippen LogP contribution in [-0.2, 0) is 16.0 Å². The van der Waals surface area contributed by atoms with Crippen LogP contribution in [0.1, 0.15) is 18.1 Å². The Labute approximate surface area is 200 Å². The van der Waals surface area contributed by atoms with E-state index in [1.165, 1.54) is 28.7 Å². The first kappa shape index (κ1) is 23.1. The molecule has 8 nitrogen and oxygen atoms in total. The number of likely N-dealkylation sites (N-methyl/N-ethyl adjacent to an activating group) is 1. The molecule has 1 atom stereocenters. The van der Waals surface area contributed by atoms with Crippen LogP contribution in [0.15, 0.2) is 46.8 Å². The Balaban J connectivity index is 1.43. The number of rotatable bonds is 7. The Bertz CT molecular complexity index is 1170. The van der Waals surface area contributed by atoms with Gasteiger partial charge in [0.2, 0.25) is 11.0 Å². The zero-order chi connectivity index (χ0) is 23.4. The molecule has 0 bridgehead atoms. The lowest BCUT2D eigenvalue weighted by atomic mass is 10.1. The first-order valence-corrected chi connectivity index (χ1v) is 12.4. The summed E-state index contributed by atoms with van der Waals surface area (Å²) in [5, 5.41) is 15.1. The lowest BCUT2D eigenvalue weighted by Crippen LogP contribution is -2.50. The van der Waals surface area contributed by atoms with Crippen LogP contribution < -0.4 is 20.3 Å². The second-order valence-electron chi connectivity index (χ2n) is 7.44. The highest BCUT2D eigenvalue weighted by molar-refractivity contribution is 8.01. The number of nitrogens with one attached hydrogen (secondary N) is 2. The highest BCUT2D eigenvalue weighted by Crippen LogP contribution is 2.35. The van der Waals surface area contributed by atoms with E-state index in [0.717, 1.165) is 17.7 Å². The summed E-state index contributed by atoms with van der Waals surface area (Å²) in [6.07, 6.45) is 0.162. The van der Waals surface area contributed by atoms with E-state index in [9.17, 15) is 9.59 Å². The van der Waals surface area contributed by atoms with Crippen LogP contribution in [0.2, 0.25) is 0 Å². The Morgan fingerprint density at radius 3 is 2.82 bits per heavy atom. The summed E-state index contributed by atoms with van der Waals surface area (Å²) in [5.74, 6) is 0.302. The van der Waals surface area contributed by atoms with Crippen LogP contribution in [0.25, 0.3) is 0 Å². The number of aryl methyl sites for hydroxylation is 2. The normalized spacial score (nSPS) is 14.9. The third kappa shape index (κ3) is 5.12. The fourth-order valence-electron chi connectivity index (χ4n) is 3.60. The maximum Gasteiger partial charge on any atom is 0.262 e. The Kier molecular flexibility index (Phi) is 7.14. The van der Waals surface area contributed by atoms with E-state index in [2.05, 4.69) is 46.8 Å². The zero-order valence-electron chi connectivity index (χ0n) is 18.6. The van der Waals surface area contributed by atoms with Crippen molar-refractivity contribution in [2.75, 3.05) is 29.6 Å². The minimum absolute atomic E-state index is 0.124. The summed E-state index contributed by atoms with van der Waals surface area (Å²) in [5.41, 5.74) is 4.07. The molecular formula is C23H25N5O3S2. The molecule has 1 aliphatic heterocycles. The van der Waals surface area contributed by atoms with Crippen molar-refractivity contribution >= 4 is 51.4 Å². The quantitative estimate of drug-likeness (QED) is 0.494. The average Bonchev–Trinajstić information content (AvgIpc) is 3.29. The van der Waals surface area contributed by atoms with Crippen molar-refractivity contribution in [3.05, 3.63) is 53.6 Å². The maximum absolute atomic E-state index is 13.1. The summed E-state index contributed by atoms with van der Waals surface area (Å²) in [6, 6.07) is 13.4. The number of carbonyl (C=O) groups is 2. The van der Waals surface area contributed by atoms with Gasteiger partial charge in [0.15, 0.2) is 10.4 Å². The van der Waals surface area contributed by atoms with Gasteiger partial charge in [-0.2, -0.15) is 0 Å². The molecule has 0 aliphatic carbocycles. The predicted octanol–water partition coefficient (Wildman–Crippen LogP) is 3.78. The van der Waals surface area contributed by atoms with Crippen LogP contribution in [0.4, 0.5) is 16.5 Å². The van der Waals surface area contributed by atoms with Crippen molar-refractivity contribution in [3.8, 4) is 5.75 Å². The molecule has 33 heavy (non-hydrogen) atoms. The van der Waals surface area contributed by atoms with Gasteiger partial charge in [0.25, 0.3) is 5.91 Å². The van der Waals surface area contributed by atoms with Gasteiger partial charge in [-0.25, -0.2) is 0 Å². The number of ether oxygens (including phenoxy) is 1. The van der Waals surface area contributed by atoms with E-state index >= 15 is 0 Å². The molecule has 0 saturated carbocycles.